The van der Waals surface area contributed by atoms with Crippen molar-refractivity contribution in [2.45, 2.75) is 51.2 Å². The van der Waals surface area contributed by atoms with Gasteiger partial charge in [-0.3, -0.25) is 0 Å². The summed E-state index contributed by atoms with van der Waals surface area (Å²) >= 11 is 0. The fraction of sp³-hybridized carbons (Fsp3) is 0.667. The van der Waals surface area contributed by atoms with Gasteiger partial charge in [0, 0.05) is 17.6 Å². The lowest BCUT2D eigenvalue weighted by molar-refractivity contribution is -0.0512. The summed E-state index contributed by atoms with van der Waals surface area (Å²) in [6.07, 6.45) is 5.23. The molecule has 2 fully saturated rings. The molecule has 1 N–H and O–H groups in total. The van der Waals surface area contributed by atoms with Crippen LogP contribution >= 0.6 is 0 Å². The van der Waals surface area contributed by atoms with Crippen LogP contribution in [0.5, 0.6) is 5.75 Å². The SMILES string of the molecule is CCOc1ccccc1C1CNC2(CCC(C)CC2)CO1. The van der Waals surface area contributed by atoms with Crippen molar-refractivity contribution in [2.75, 3.05) is 19.8 Å². The molecular weight excluding hydrogens is 262 g/mol. The van der Waals surface area contributed by atoms with E-state index >= 15 is 0 Å². The summed E-state index contributed by atoms with van der Waals surface area (Å²) < 4.78 is 12.0. The summed E-state index contributed by atoms with van der Waals surface area (Å²) in [5, 5.41) is 3.79. The first-order valence-corrected chi connectivity index (χ1v) is 8.31. The highest BCUT2D eigenvalue weighted by atomic mass is 16.5. The van der Waals surface area contributed by atoms with Crippen LogP contribution in [0.1, 0.15) is 51.2 Å². The average molecular weight is 289 g/mol. The highest BCUT2D eigenvalue weighted by molar-refractivity contribution is 5.35. The van der Waals surface area contributed by atoms with E-state index in [0.29, 0.717) is 6.61 Å². The molecule has 21 heavy (non-hydrogen) atoms. The van der Waals surface area contributed by atoms with E-state index in [2.05, 4.69) is 24.4 Å². The number of morpholine rings is 1. The van der Waals surface area contributed by atoms with Crippen LogP contribution in [0.2, 0.25) is 0 Å². The minimum Gasteiger partial charge on any atom is -0.493 e. The molecule has 1 saturated heterocycles. The first kappa shape index (κ1) is 14.9. The second-order valence-electron chi connectivity index (χ2n) is 6.61. The fourth-order valence-corrected chi connectivity index (χ4v) is 3.55. The minimum absolute atomic E-state index is 0.109. The Kier molecular flexibility index (Phi) is 4.51. The fourth-order valence-electron chi connectivity index (χ4n) is 3.55. The molecule has 3 nitrogen and oxygen atoms in total. The lowest BCUT2D eigenvalue weighted by Gasteiger charge is -2.45. The van der Waals surface area contributed by atoms with Gasteiger partial charge in [0.15, 0.2) is 0 Å². The van der Waals surface area contributed by atoms with E-state index in [4.69, 9.17) is 9.47 Å². The van der Waals surface area contributed by atoms with Crippen molar-refractivity contribution in [1.29, 1.82) is 0 Å². The third-order valence-corrected chi connectivity index (χ3v) is 5.02. The van der Waals surface area contributed by atoms with E-state index in [1.54, 1.807) is 0 Å². The van der Waals surface area contributed by atoms with Crippen LogP contribution in [-0.4, -0.2) is 25.3 Å². The Morgan fingerprint density at radius 3 is 2.71 bits per heavy atom. The molecule has 0 amide bonds. The maximum atomic E-state index is 6.24. The van der Waals surface area contributed by atoms with E-state index in [9.17, 15) is 0 Å². The highest BCUT2D eigenvalue weighted by Crippen LogP contribution is 2.37. The molecule has 116 valence electrons. The van der Waals surface area contributed by atoms with Gasteiger partial charge in [0.05, 0.1) is 19.3 Å². The van der Waals surface area contributed by atoms with Crippen LogP contribution < -0.4 is 10.1 Å². The lowest BCUT2D eigenvalue weighted by atomic mass is 9.77. The molecule has 1 aromatic carbocycles. The van der Waals surface area contributed by atoms with Crippen molar-refractivity contribution in [3.63, 3.8) is 0 Å². The Bertz CT molecular complexity index is 456. The van der Waals surface area contributed by atoms with Gasteiger partial charge in [-0.2, -0.15) is 0 Å². The zero-order chi connectivity index (χ0) is 14.7. The highest BCUT2D eigenvalue weighted by Gasteiger charge is 2.38. The molecule has 1 unspecified atom stereocenters. The first-order chi connectivity index (χ1) is 10.2. The van der Waals surface area contributed by atoms with E-state index < -0.39 is 0 Å². The maximum Gasteiger partial charge on any atom is 0.125 e. The molecule has 1 atom stereocenters. The van der Waals surface area contributed by atoms with E-state index in [1.807, 2.05) is 19.1 Å². The number of rotatable bonds is 3. The van der Waals surface area contributed by atoms with E-state index in [-0.39, 0.29) is 11.6 Å². The number of hydrogen-bond acceptors (Lipinski definition) is 3. The lowest BCUT2D eigenvalue weighted by Crippen LogP contribution is -2.56. The van der Waals surface area contributed by atoms with Crippen molar-refractivity contribution in [3.05, 3.63) is 29.8 Å². The van der Waals surface area contributed by atoms with Gasteiger partial charge in [-0.15, -0.1) is 0 Å². The molecule has 0 radical (unpaired) electrons. The standard InChI is InChI=1S/C18H27NO2/c1-3-20-16-7-5-4-6-15(16)17-12-19-18(13-21-17)10-8-14(2)9-11-18/h4-7,14,17,19H,3,8-13H2,1-2H3. The summed E-state index contributed by atoms with van der Waals surface area (Å²) in [6.45, 7) is 6.79. The molecule has 0 aromatic heterocycles. The number of benzene rings is 1. The topological polar surface area (TPSA) is 30.5 Å². The Morgan fingerprint density at radius 1 is 1.29 bits per heavy atom. The molecule has 1 heterocycles. The molecule has 1 aliphatic heterocycles. The monoisotopic (exact) mass is 289 g/mol. The quantitative estimate of drug-likeness (QED) is 0.920. The number of hydrogen-bond donors (Lipinski definition) is 1. The average Bonchev–Trinajstić information content (AvgIpc) is 2.52. The summed E-state index contributed by atoms with van der Waals surface area (Å²) in [4.78, 5) is 0. The van der Waals surface area contributed by atoms with Gasteiger partial charge in [0.25, 0.3) is 0 Å². The summed E-state index contributed by atoms with van der Waals surface area (Å²) in [7, 11) is 0. The second-order valence-corrected chi connectivity index (χ2v) is 6.61. The molecule has 3 rings (SSSR count). The van der Waals surface area contributed by atoms with Gasteiger partial charge in [-0.25, -0.2) is 0 Å². The van der Waals surface area contributed by atoms with Gasteiger partial charge in [-0.05, 0) is 44.6 Å². The van der Waals surface area contributed by atoms with Crippen LogP contribution in [0.3, 0.4) is 0 Å². The summed E-state index contributed by atoms with van der Waals surface area (Å²) in [5.41, 5.74) is 1.40. The zero-order valence-corrected chi connectivity index (χ0v) is 13.2. The zero-order valence-electron chi connectivity index (χ0n) is 13.2. The number of nitrogens with one attached hydrogen (secondary N) is 1. The van der Waals surface area contributed by atoms with Gasteiger partial charge < -0.3 is 14.8 Å². The molecule has 1 aliphatic carbocycles. The third-order valence-electron chi connectivity index (χ3n) is 5.02. The Morgan fingerprint density at radius 2 is 2.05 bits per heavy atom. The van der Waals surface area contributed by atoms with Gasteiger partial charge in [0.2, 0.25) is 0 Å². The van der Waals surface area contributed by atoms with E-state index in [1.165, 1.54) is 31.2 Å². The molecular formula is C18H27NO2. The number of para-hydroxylation sites is 1. The van der Waals surface area contributed by atoms with Gasteiger partial charge in [0.1, 0.15) is 5.75 Å². The van der Waals surface area contributed by atoms with Crippen LogP contribution in [-0.2, 0) is 4.74 Å². The molecule has 0 bridgehead atoms. The predicted molar refractivity (Wildman–Crippen MR) is 84.7 cm³/mol. The van der Waals surface area contributed by atoms with Gasteiger partial charge >= 0.3 is 0 Å². The first-order valence-electron chi connectivity index (χ1n) is 8.31. The van der Waals surface area contributed by atoms with Crippen LogP contribution in [0, 0.1) is 5.92 Å². The Hall–Kier alpha value is -1.06. The van der Waals surface area contributed by atoms with Crippen molar-refractivity contribution in [2.24, 2.45) is 5.92 Å². The smallest absolute Gasteiger partial charge is 0.125 e. The maximum absolute atomic E-state index is 6.24. The van der Waals surface area contributed by atoms with Gasteiger partial charge in [-0.1, -0.05) is 25.1 Å². The molecule has 1 aromatic rings. The summed E-state index contributed by atoms with van der Waals surface area (Å²) in [6, 6.07) is 8.25. The van der Waals surface area contributed by atoms with Crippen LogP contribution in [0.15, 0.2) is 24.3 Å². The molecule has 1 spiro atoms. The van der Waals surface area contributed by atoms with Crippen molar-refractivity contribution in [1.82, 2.24) is 5.32 Å². The van der Waals surface area contributed by atoms with Crippen LogP contribution in [0.4, 0.5) is 0 Å². The molecule has 3 heteroatoms. The normalized spacial score (nSPS) is 33.0. The minimum atomic E-state index is 0.109. The second kappa shape index (κ2) is 6.37. The van der Waals surface area contributed by atoms with Crippen molar-refractivity contribution in [3.8, 4) is 5.75 Å². The van der Waals surface area contributed by atoms with Crippen LogP contribution in [0.25, 0.3) is 0 Å². The summed E-state index contributed by atoms with van der Waals surface area (Å²) in [5.74, 6) is 1.83. The largest absolute Gasteiger partial charge is 0.493 e. The van der Waals surface area contributed by atoms with E-state index in [0.717, 1.165) is 24.8 Å². The molecule has 2 aliphatic rings. The Balaban J connectivity index is 1.66. The molecule has 1 saturated carbocycles. The number of ether oxygens (including phenoxy) is 2. The van der Waals surface area contributed by atoms with Crippen molar-refractivity contribution >= 4 is 0 Å². The Labute approximate surface area is 128 Å². The third kappa shape index (κ3) is 3.24. The predicted octanol–water partition coefficient (Wildman–Crippen LogP) is 3.70. The van der Waals surface area contributed by atoms with Crippen molar-refractivity contribution < 1.29 is 9.47 Å².